The fourth-order valence-electron chi connectivity index (χ4n) is 2.09. The topological polar surface area (TPSA) is 43.4 Å². The lowest BCUT2D eigenvalue weighted by Crippen LogP contribution is -2.39. The second kappa shape index (κ2) is 3.95. The van der Waals surface area contributed by atoms with E-state index in [0.29, 0.717) is 12.8 Å². The summed E-state index contributed by atoms with van der Waals surface area (Å²) in [6.45, 7) is 3.61. The average molecular weight is 196 g/mol. The van der Waals surface area contributed by atoms with E-state index in [1.165, 1.54) is 7.11 Å². The molecule has 0 bridgehead atoms. The molecule has 0 saturated heterocycles. The molecule has 0 aromatic heterocycles. The Kier molecular flexibility index (Phi) is 3.09. The zero-order valence-corrected chi connectivity index (χ0v) is 8.92. The molecule has 3 nitrogen and oxygen atoms in total. The highest BCUT2D eigenvalue weighted by atomic mass is 16.5. The Bertz CT molecular complexity index is 273. The number of carbonyl (C=O) groups is 2. The molecule has 1 aliphatic carbocycles. The van der Waals surface area contributed by atoms with Crippen molar-refractivity contribution in [1.29, 1.82) is 0 Å². The van der Waals surface area contributed by atoms with Gasteiger partial charge in [-0.25, -0.2) is 0 Å². The van der Waals surface area contributed by atoms with Gasteiger partial charge in [-0.15, -0.1) is 0 Å². The van der Waals surface area contributed by atoms with Crippen molar-refractivity contribution in [2.24, 2.45) is 5.41 Å². The van der Waals surface area contributed by atoms with E-state index >= 15 is 0 Å². The van der Waals surface area contributed by atoms with Gasteiger partial charge in [-0.3, -0.25) is 9.59 Å². The van der Waals surface area contributed by atoms with E-state index in [-0.39, 0.29) is 5.78 Å². The van der Waals surface area contributed by atoms with E-state index in [4.69, 9.17) is 4.74 Å². The van der Waals surface area contributed by atoms with Gasteiger partial charge in [0, 0.05) is 6.42 Å². The second-order valence-corrected chi connectivity index (χ2v) is 3.60. The highest BCUT2D eigenvalue weighted by Crippen LogP contribution is 2.41. The SMILES string of the molecule is CCC(=O)C1(C(=O)OC)CCC=C1C. The number of Topliss-reactive ketones (excluding diaryl/α,β-unsaturated/α-hetero) is 1. The predicted molar refractivity (Wildman–Crippen MR) is 52.7 cm³/mol. The summed E-state index contributed by atoms with van der Waals surface area (Å²) >= 11 is 0. The number of ether oxygens (including phenoxy) is 1. The van der Waals surface area contributed by atoms with Gasteiger partial charge in [0.2, 0.25) is 0 Å². The first-order chi connectivity index (χ1) is 6.59. The van der Waals surface area contributed by atoms with Crippen molar-refractivity contribution in [3.63, 3.8) is 0 Å². The summed E-state index contributed by atoms with van der Waals surface area (Å²) < 4.78 is 4.73. The van der Waals surface area contributed by atoms with Crippen molar-refractivity contribution in [1.82, 2.24) is 0 Å². The highest BCUT2D eigenvalue weighted by Gasteiger charge is 2.48. The quantitative estimate of drug-likeness (QED) is 0.393. The fourth-order valence-corrected chi connectivity index (χ4v) is 2.09. The Morgan fingerprint density at radius 2 is 2.21 bits per heavy atom. The minimum Gasteiger partial charge on any atom is -0.468 e. The molecule has 0 N–H and O–H groups in total. The van der Waals surface area contributed by atoms with Crippen molar-refractivity contribution in [3.8, 4) is 0 Å². The van der Waals surface area contributed by atoms with Crippen molar-refractivity contribution < 1.29 is 14.3 Å². The third kappa shape index (κ3) is 1.37. The predicted octanol–water partition coefficient (Wildman–Crippen LogP) is 1.86. The minimum absolute atomic E-state index is 0.0319. The number of esters is 1. The second-order valence-electron chi connectivity index (χ2n) is 3.60. The molecule has 0 amide bonds. The van der Waals surface area contributed by atoms with Gasteiger partial charge in [0.15, 0.2) is 5.78 Å². The van der Waals surface area contributed by atoms with Crippen molar-refractivity contribution in [2.75, 3.05) is 7.11 Å². The Morgan fingerprint density at radius 3 is 2.57 bits per heavy atom. The smallest absolute Gasteiger partial charge is 0.323 e. The molecule has 14 heavy (non-hydrogen) atoms. The molecule has 0 fully saturated rings. The maximum absolute atomic E-state index is 11.8. The van der Waals surface area contributed by atoms with Gasteiger partial charge >= 0.3 is 5.97 Å². The number of allylic oxidation sites excluding steroid dienone is 1. The van der Waals surface area contributed by atoms with Crippen LogP contribution < -0.4 is 0 Å². The summed E-state index contributed by atoms with van der Waals surface area (Å²) in [5, 5.41) is 0. The number of rotatable bonds is 3. The van der Waals surface area contributed by atoms with Gasteiger partial charge in [0.25, 0.3) is 0 Å². The molecule has 1 atom stereocenters. The number of hydrogen-bond acceptors (Lipinski definition) is 3. The van der Waals surface area contributed by atoms with Crippen LogP contribution in [0.15, 0.2) is 11.6 Å². The van der Waals surface area contributed by atoms with Gasteiger partial charge in [-0.1, -0.05) is 18.6 Å². The van der Waals surface area contributed by atoms with Crippen LogP contribution in [0.3, 0.4) is 0 Å². The zero-order valence-electron chi connectivity index (χ0n) is 8.92. The third-order valence-electron chi connectivity index (χ3n) is 2.97. The zero-order chi connectivity index (χ0) is 10.8. The van der Waals surface area contributed by atoms with Crippen LogP contribution in [0.5, 0.6) is 0 Å². The molecule has 1 rings (SSSR count). The largest absolute Gasteiger partial charge is 0.468 e. The average Bonchev–Trinajstić information content (AvgIpc) is 2.59. The van der Waals surface area contributed by atoms with E-state index in [1.807, 2.05) is 13.0 Å². The highest BCUT2D eigenvalue weighted by molar-refractivity contribution is 6.07. The van der Waals surface area contributed by atoms with Gasteiger partial charge in [-0.2, -0.15) is 0 Å². The monoisotopic (exact) mass is 196 g/mol. The van der Waals surface area contributed by atoms with Gasteiger partial charge in [-0.05, 0) is 19.8 Å². The summed E-state index contributed by atoms with van der Waals surface area (Å²) in [6, 6.07) is 0. The standard InChI is InChI=1S/C11H16O3/c1-4-9(12)11(10(13)14-3)7-5-6-8(11)2/h6H,4-5,7H2,1-3H3. The molecule has 0 aromatic carbocycles. The Labute approximate surface area is 84.1 Å². The maximum Gasteiger partial charge on any atom is 0.323 e. The molecular weight excluding hydrogens is 180 g/mol. The summed E-state index contributed by atoms with van der Waals surface area (Å²) in [4.78, 5) is 23.5. The van der Waals surface area contributed by atoms with Crippen molar-refractivity contribution >= 4 is 11.8 Å². The lowest BCUT2D eigenvalue weighted by Gasteiger charge is -2.25. The van der Waals surface area contributed by atoms with Crippen LogP contribution in [0, 0.1) is 5.41 Å². The molecule has 0 aliphatic heterocycles. The Morgan fingerprint density at radius 1 is 1.57 bits per heavy atom. The van der Waals surface area contributed by atoms with Crippen LogP contribution in [-0.4, -0.2) is 18.9 Å². The Balaban J connectivity index is 3.09. The summed E-state index contributed by atoms with van der Waals surface area (Å²) in [5.74, 6) is -0.439. The van der Waals surface area contributed by atoms with Crippen molar-refractivity contribution in [2.45, 2.75) is 33.1 Å². The van der Waals surface area contributed by atoms with E-state index in [1.54, 1.807) is 6.92 Å². The maximum atomic E-state index is 11.8. The number of hydrogen-bond donors (Lipinski definition) is 0. The molecule has 0 heterocycles. The van der Waals surface area contributed by atoms with E-state index in [9.17, 15) is 9.59 Å². The lowest BCUT2D eigenvalue weighted by atomic mass is 9.77. The molecule has 0 radical (unpaired) electrons. The minimum atomic E-state index is -0.969. The van der Waals surface area contributed by atoms with Crippen LogP contribution in [0.25, 0.3) is 0 Å². The molecular formula is C11H16O3. The van der Waals surface area contributed by atoms with Crippen LogP contribution in [0.2, 0.25) is 0 Å². The molecule has 3 heteroatoms. The Hall–Kier alpha value is -1.12. The van der Waals surface area contributed by atoms with Crippen LogP contribution >= 0.6 is 0 Å². The van der Waals surface area contributed by atoms with Gasteiger partial charge in [0.05, 0.1) is 7.11 Å². The van der Waals surface area contributed by atoms with Crippen LogP contribution in [0.1, 0.15) is 33.1 Å². The first-order valence-corrected chi connectivity index (χ1v) is 4.88. The van der Waals surface area contributed by atoms with Crippen LogP contribution in [-0.2, 0) is 14.3 Å². The number of ketones is 1. The summed E-state index contributed by atoms with van der Waals surface area (Å²) in [5.41, 5.74) is -0.125. The van der Waals surface area contributed by atoms with E-state index in [0.717, 1.165) is 12.0 Å². The summed E-state index contributed by atoms with van der Waals surface area (Å²) in [6.07, 6.45) is 3.68. The molecule has 1 aliphatic rings. The normalized spacial score (nSPS) is 25.8. The van der Waals surface area contributed by atoms with E-state index < -0.39 is 11.4 Å². The first kappa shape index (κ1) is 11.0. The van der Waals surface area contributed by atoms with Crippen LogP contribution in [0.4, 0.5) is 0 Å². The fraction of sp³-hybridized carbons (Fsp3) is 0.636. The van der Waals surface area contributed by atoms with Gasteiger partial charge in [0.1, 0.15) is 5.41 Å². The van der Waals surface area contributed by atoms with E-state index in [2.05, 4.69) is 0 Å². The molecule has 0 aromatic rings. The first-order valence-electron chi connectivity index (χ1n) is 4.88. The summed E-state index contributed by atoms with van der Waals surface area (Å²) in [7, 11) is 1.33. The molecule has 1 unspecified atom stereocenters. The molecule has 0 spiro atoms. The third-order valence-corrected chi connectivity index (χ3v) is 2.97. The van der Waals surface area contributed by atoms with Gasteiger partial charge < -0.3 is 4.74 Å². The molecule has 0 saturated carbocycles. The number of carbonyl (C=O) groups excluding carboxylic acids is 2. The number of methoxy groups -OCH3 is 1. The van der Waals surface area contributed by atoms with Crippen molar-refractivity contribution in [3.05, 3.63) is 11.6 Å². The molecule has 78 valence electrons. The lowest BCUT2D eigenvalue weighted by molar-refractivity contribution is -0.155.